The molecule has 0 atom stereocenters. The summed E-state index contributed by atoms with van der Waals surface area (Å²) in [5.41, 5.74) is 25.5. The van der Waals surface area contributed by atoms with Gasteiger partial charge in [0.15, 0.2) is 0 Å². The molecule has 4 N–H and O–H groups in total. The van der Waals surface area contributed by atoms with Crippen LogP contribution in [0.15, 0.2) is 206 Å². The van der Waals surface area contributed by atoms with Crippen LogP contribution in [0.4, 0.5) is 0 Å². The van der Waals surface area contributed by atoms with E-state index >= 15 is 0 Å². The van der Waals surface area contributed by atoms with Crippen molar-refractivity contribution in [3.05, 3.63) is 272 Å². The summed E-state index contributed by atoms with van der Waals surface area (Å²) >= 11 is 26.8. The molecule has 16 bridgehead atoms. The standard InChI is InChI=1S/C76H46Cl4N8/c77-49-19-11-45(12-20-49)71-60-31-32-61(83-60)72(46-13-21-50(78)22-14-46)63-35-38-65(85-63)74(48-17-25-52(80)26-18-48)76-55(42-68(88-76)73(64-34-33-62(71)84-64)47-15-23-51(79)24-16-47)75-66-39-36-58(86-66)69(43-7-3-1-4-8-43)56-29-27-53(81-56)41-54-28-30-57(82-54)70(44-9-5-2-6-10-44)59-37-40-67(75)87-59/h1-42,81,83,87-88H. The van der Waals surface area contributed by atoms with Crippen LogP contribution < -0.4 is 0 Å². The van der Waals surface area contributed by atoms with Crippen molar-refractivity contribution in [1.82, 2.24) is 39.9 Å². The zero-order valence-electron chi connectivity index (χ0n) is 46.5. The van der Waals surface area contributed by atoms with Gasteiger partial charge in [-0.3, -0.25) is 0 Å². The lowest BCUT2D eigenvalue weighted by Gasteiger charge is -2.09. The number of H-pyrrole nitrogens is 4. The van der Waals surface area contributed by atoms with Gasteiger partial charge in [0, 0.05) is 103 Å². The molecule has 0 radical (unpaired) electrons. The van der Waals surface area contributed by atoms with Gasteiger partial charge in [-0.05, 0) is 179 Å². The molecule has 4 aliphatic heterocycles. The maximum Gasteiger partial charge on any atom is 0.0738 e. The molecule has 6 aromatic heterocycles. The average molecular weight is 1210 g/mol. The van der Waals surface area contributed by atoms with E-state index in [1.165, 1.54) is 0 Å². The highest BCUT2D eigenvalue weighted by molar-refractivity contribution is 6.31. The Balaban J connectivity index is 1.13. The molecule has 0 fully saturated rings. The first-order valence-electron chi connectivity index (χ1n) is 28.7. The zero-order valence-corrected chi connectivity index (χ0v) is 49.6. The van der Waals surface area contributed by atoms with Crippen molar-refractivity contribution in [2.45, 2.75) is 0 Å². The highest BCUT2D eigenvalue weighted by atomic mass is 35.5. The van der Waals surface area contributed by atoms with Gasteiger partial charge in [0.1, 0.15) is 0 Å². The molecule has 0 aliphatic carbocycles. The van der Waals surface area contributed by atoms with Gasteiger partial charge in [-0.1, -0.05) is 156 Å². The predicted molar refractivity (Wildman–Crippen MR) is 369 cm³/mol. The number of nitrogens with one attached hydrogen (secondary N) is 4. The van der Waals surface area contributed by atoms with E-state index in [-0.39, 0.29) is 0 Å². The summed E-state index contributed by atoms with van der Waals surface area (Å²) in [6.45, 7) is 0. The van der Waals surface area contributed by atoms with E-state index in [1.807, 2.05) is 97.1 Å². The monoisotopic (exact) mass is 1210 g/mol. The number of aromatic nitrogens is 8. The molecule has 6 aromatic carbocycles. The van der Waals surface area contributed by atoms with E-state index in [0.29, 0.717) is 25.8 Å². The van der Waals surface area contributed by atoms with Gasteiger partial charge < -0.3 is 19.9 Å². The van der Waals surface area contributed by atoms with E-state index in [9.17, 15) is 0 Å². The van der Waals surface area contributed by atoms with E-state index in [4.69, 9.17) is 66.3 Å². The van der Waals surface area contributed by atoms with E-state index < -0.39 is 0 Å². The lowest BCUT2D eigenvalue weighted by Crippen LogP contribution is -1.91. The Bertz CT molecular complexity index is 5290. The number of fused-ring (bicyclic) bond motifs is 16. The minimum absolute atomic E-state index is 0.599. The normalized spacial score (nSPS) is 12.4. The number of benzene rings is 6. The maximum absolute atomic E-state index is 6.81. The van der Waals surface area contributed by atoms with Crippen LogP contribution in [0.1, 0.15) is 45.6 Å². The highest BCUT2D eigenvalue weighted by Crippen LogP contribution is 2.45. The molecule has 10 heterocycles. The third-order valence-corrected chi connectivity index (χ3v) is 17.4. The van der Waals surface area contributed by atoms with Gasteiger partial charge in [-0.25, -0.2) is 19.9 Å². The molecule has 16 rings (SSSR count). The summed E-state index contributed by atoms with van der Waals surface area (Å²) < 4.78 is 0. The summed E-state index contributed by atoms with van der Waals surface area (Å²) in [7, 11) is 0. The summed E-state index contributed by atoms with van der Waals surface area (Å²) in [6, 6.07) is 69.6. The van der Waals surface area contributed by atoms with Crippen LogP contribution in [0.2, 0.25) is 20.1 Å². The second-order valence-electron chi connectivity index (χ2n) is 21.8. The molecule has 12 aromatic rings. The largest absolute Gasteiger partial charge is 0.355 e. The van der Waals surface area contributed by atoms with Crippen LogP contribution in [0, 0.1) is 0 Å². The topological polar surface area (TPSA) is 115 Å². The summed E-state index contributed by atoms with van der Waals surface area (Å²) in [6.07, 6.45) is 16.8. The van der Waals surface area contributed by atoms with Gasteiger partial charge >= 0.3 is 0 Å². The zero-order chi connectivity index (χ0) is 59.0. The van der Waals surface area contributed by atoms with Crippen molar-refractivity contribution < 1.29 is 0 Å². The van der Waals surface area contributed by atoms with Crippen molar-refractivity contribution in [3.63, 3.8) is 0 Å². The third-order valence-electron chi connectivity index (χ3n) is 16.4. The van der Waals surface area contributed by atoms with Crippen LogP contribution in [0.3, 0.4) is 0 Å². The fourth-order valence-electron chi connectivity index (χ4n) is 12.4. The number of nitrogens with zero attached hydrogens (tertiary/aromatic N) is 4. The Hall–Kier alpha value is -10.3. The molecular formula is C76H46Cl4N8. The van der Waals surface area contributed by atoms with Crippen LogP contribution in [-0.2, 0) is 0 Å². The Kier molecular flexibility index (Phi) is 13.2. The van der Waals surface area contributed by atoms with Crippen LogP contribution in [0.5, 0.6) is 0 Å². The Labute approximate surface area is 525 Å². The third kappa shape index (κ3) is 9.69. The SMILES string of the molecule is Clc1ccc(-c2c3nc(c(-c4ccc(Cl)cc4)c4cc(-c5c6nc(c(-c7ccccc7)c7ccc(cc8nc(c(-c9ccccc9)c9ccc5[nH]9)C=C8)[nH]7)C=C6)c([nH]4)c(-c4ccc(Cl)cc4)c4nc(c(-c5ccc(Cl)cc5)c5ccc2[nH]5)C=C4)C=C3)cc1. The predicted octanol–water partition coefficient (Wildman–Crippen LogP) is 21.9. The van der Waals surface area contributed by atoms with Crippen molar-refractivity contribution in [1.29, 1.82) is 0 Å². The summed E-state index contributed by atoms with van der Waals surface area (Å²) in [5, 5.41) is 2.46. The first kappa shape index (κ1) is 53.2. The Morgan fingerprint density at radius 1 is 0.239 bits per heavy atom. The van der Waals surface area contributed by atoms with Crippen LogP contribution >= 0.6 is 46.4 Å². The minimum atomic E-state index is 0.599. The van der Waals surface area contributed by atoms with E-state index in [2.05, 4.69) is 178 Å². The maximum atomic E-state index is 6.81. The van der Waals surface area contributed by atoms with Crippen molar-refractivity contribution in [3.8, 4) is 77.9 Å². The minimum Gasteiger partial charge on any atom is -0.355 e. The molecule has 0 saturated carbocycles. The van der Waals surface area contributed by atoms with E-state index in [1.54, 1.807) is 0 Å². The quantitative estimate of drug-likeness (QED) is 0.127. The molecule has 0 spiro atoms. The molecule has 88 heavy (non-hydrogen) atoms. The van der Waals surface area contributed by atoms with Crippen molar-refractivity contribution in [2.75, 3.05) is 0 Å². The Morgan fingerprint density at radius 3 is 0.989 bits per heavy atom. The van der Waals surface area contributed by atoms with Crippen molar-refractivity contribution >= 4 is 139 Å². The van der Waals surface area contributed by atoms with Crippen LogP contribution in [-0.4, -0.2) is 39.9 Å². The lowest BCUT2D eigenvalue weighted by atomic mass is 9.97. The second-order valence-corrected chi connectivity index (χ2v) is 23.5. The number of hydrogen-bond donors (Lipinski definition) is 4. The molecule has 4 aliphatic rings. The van der Waals surface area contributed by atoms with Gasteiger partial charge in [0.2, 0.25) is 0 Å². The number of halogens is 4. The summed E-state index contributed by atoms with van der Waals surface area (Å²) in [4.78, 5) is 38.1. The molecule has 0 saturated heterocycles. The first-order chi connectivity index (χ1) is 43.2. The second kappa shape index (κ2) is 21.9. The number of aromatic amines is 4. The highest BCUT2D eigenvalue weighted by Gasteiger charge is 2.25. The average Bonchev–Trinajstić information content (AvgIpc) is 1.78. The van der Waals surface area contributed by atoms with Gasteiger partial charge in [0.25, 0.3) is 0 Å². The lowest BCUT2D eigenvalue weighted by molar-refractivity contribution is 1.31. The van der Waals surface area contributed by atoms with Gasteiger partial charge in [0.05, 0.1) is 51.1 Å². The fraction of sp³-hybridized carbons (Fsp3) is 0. The number of hydrogen-bond acceptors (Lipinski definition) is 4. The van der Waals surface area contributed by atoms with E-state index in [0.717, 1.165) is 162 Å². The molecule has 0 unspecified atom stereocenters. The molecular weight excluding hydrogens is 1170 g/mol. The fourth-order valence-corrected chi connectivity index (χ4v) is 12.9. The molecule has 418 valence electrons. The van der Waals surface area contributed by atoms with Gasteiger partial charge in [-0.15, -0.1) is 0 Å². The number of rotatable bonds is 7. The van der Waals surface area contributed by atoms with Crippen molar-refractivity contribution in [2.24, 2.45) is 0 Å². The Morgan fingerprint density at radius 2 is 0.557 bits per heavy atom. The molecule has 12 heteroatoms. The van der Waals surface area contributed by atoms with Gasteiger partial charge in [-0.2, -0.15) is 0 Å². The first-order valence-corrected chi connectivity index (χ1v) is 30.2. The summed E-state index contributed by atoms with van der Waals surface area (Å²) in [5.74, 6) is 0. The van der Waals surface area contributed by atoms with Crippen LogP contribution in [0.25, 0.3) is 171 Å². The smallest absolute Gasteiger partial charge is 0.0738 e. The molecule has 0 amide bonds. The molecule has 8 nitrogen and oxygen atoms in total.